The Kier molecular flexibility index (Phi) is 5.27. The number of hydrogen-bond acceptors (Lipinski definition) is 5. The van der Waals surface area contributed by atoms with Crippen LogP contribution in [0.5, 0.6) is 0 Å². The molecular formula is C24H19F3N6O2. The summed E-state index contributed by atoms with van der Waals surface area (Å²) in [6.07, 6.45) is -0.932. The Hall–Kier alpha value is -4.28. The molecule has 1 saturated carbocycles. The van der Waals surface area contributed by atoms with Gasteiger partial charge in [0.25, 0.3) is 5.56 Å². The van der Waals surface area contributed by atoms with E-state index in [4.69, 9.17) is 0 Å². The van der Waals surface area contributed by atoms with Crippen LogP contribution in [0.15, 0.2) is 63.8 Å². The molecule has 0 unspecified atom stereocenters. The van der Waals surface area contributed by atoms with Gasteiger partial charge in [-0.3, -0.25) is 14.8 Å². The smallest absolute Gasteiger partial charge is 0.313 e. The molecule has 4 aromatic rings. The van der Waals surface area contributed by atoms with Gasteiger partial charge in [-0.1, -0.05) is 18.7 Å². The monoisotopic (exact) mass is 480 g/mol. The number of H-pyrrole nitrogens is 2. The number of alkyl halides is 3. The van der Waals surface area contributed by atoms with Crippen molar-refractivity contribution in [2.45, 2.75) is 24.4 Å². The molecule has 0 aliphatic heterocycles. The van der Waals surface area contributed by atoms with Crippen LogP contribution in [0.2, 0.25) is 0 Å². The molecule has 0 bridgehead atoms. The minimum absolute atomic E-state index is 0.0448. The fourth-order valence-electron chi connectivity index (χ4n) is 4.34. The number of hydrogen-bond donors (Lipinski definition) is 2. The van der Waals surface area contributed by atoms with E-state index in [9.17, 15) is 22.8 Å². The van der Waals surface area contributed by atoms with Gasteiger partial charge in [0.05, 0.1) is 16.8 Å². The summed E-state index contributed by atoms with van der Waals surface area (Å²) in [5.41, 5.74) is 1.09. The lowest BCUT2D eigenvalue weighted by atomic mass is 10.0. The predicted molar refractivity (Wildman–Crippen MR) is 124 cm³/mol. The van der Waals surface area contributed by atoms with Gasteiger partial charge in [-0.25, -0.2) is 14.5 Å². The highest BCUT2D eigenvalue weighted by atomic mass is 19.4. The average Bonchev–Trinajstić information content (AvgIpc) is 3.63. The molecular weight excluding hydrogens is 461 g/mol. The lowest BCUT2D eigenvalue weighted by Gasteiger charge is -2.11. The summed E-state index contributed by atoms with van der Waals surface area (Å²) in [6, 6.07) is 9.42. The molecule has 0 amide bonds. The minimum Gasteiger partial charge on any atom is -0.313 e. The van der Waals surface area contributed by atoms with Crippen LogP contribution in [0, 0.1) is 0 Å². The van der Waals surface area contributed by atoms with Crippen LogP contribution in [0.4, 0.5) is 13.2 Å². The zero-order valence-corrected chi connectivity index (χ0v) is 18.4. The molecule has 11 heteroatoms. The zero-order valence-electron chi connectivity index (χ0n) is 18.4. The number of fused-ring (bicyclic) bond motifs is 1. The van der Waals surface area contributed by atoms with E-state index in [1.165, 1.54) is 23.1 Å². The molecule has 8 nitrogen and oxygen atoms in total. The van der Waals surface area contributed by atoms with Crippen molar-refractivity contribution in [2.75, 3.05) is 7.05 Å². The van der Waals surface area contributed by atoms with Gasteiger partial charge in [0, 0.05) is 30.4 Å². The van der Waals surface area contributed by atoms with Crippen LogP contribution in [0.1, 0.15) is 35.1 Å². The molecule has 35 heavy (non-hydrogen) atoms. The Balaban J connectivity index is 1.55. The third-order valence-corrected chi connectivity index (χ3v) is 6.08. The van der Waals surface area contributed by atoms with Crippen molar-refractivity contribution >= 4 is 17.1 Å². The van der Waals surface area contributed by atoms with Crippen molar-refractivity contribution in [1.82, 2.24) is 24.7 Å². The van der Waals surface area contributed by atoms with E-state index >= 15 is 0 Å². The summed E-state index contributed by atoms with van der Waals surface area (Å²) < 4.78 is 40.4. The number of benzene rings is 1. The van der Waals surface area contributed by atoms with Crippen molar-refractivity contribution in [1.29, 1.82) is 0 Å². The van der Waals surface area contributed by atoms with E-state index in [0.717, 1.165) is 23.6 Å². The molecule has 1 aromatic carbocycles. The average molecular weight is 480 g/mol. The molecule has 2 N–H and O–H groups in total. The number of halogens is 3. The highest BCUT2D eigenvalue weighted by molar-refractivity contribution is 5.80. The Morgan fingerprint density at radius 1 is 1.17 bits per heavy atom. The van der Waals surface area contributed by atoms with Gasteiger partial charge >= 0.3 is 11.9 Å². The van der Waals surface area contributed by atoms with Gasteiger partial charge in [-0.2, -0.15) is 18.3 Å². The summed E-state index contributed by atoms with van der Waals surface area (Å²) in [7, 11) is 1.63. The molecule has 0 saturated heterocycles. The minimum atomic E-state index is -4.50. The SMILES string of the molecule is C=Cn1nc(-c2c[nH]c(=O)[nH]c2=O)cc([C@H]2C[C@@H]2c2ccc3nc(C(F)(F)F)ccc3c2)c1=NC. The Labute approximate surface area is 195 Å². The molecule has 3 heterocycles. The fourth-order valence-corrected chi connectivity index (χ4v) is 4.34. The topological polar surface area (TPSA) is 109 Å². The van der Waals surface area contributed by atoms with E-state index in [-0.39, 0.29) is 22.9 Å². The van der Waals surface area contributed by atoms with Gasteiger partial charge in [0.15, 0.2) is 5.49 Å². The van der Waals surface area contributed by atoms with Crippen molar-refractivity contribution in [3.05, 3.63) is 92.3 Å². The van der Waals surface area contributed by atoms with Gasteiger partial charge in [0.1, 0.15) is 5.69 Å². The van der Waals surface area contributed by atoms with Crippen LogP contribution >= 0.6 is 0 Å². The summed E-state index contributed by atoms with van der Waals surface area (Å²) in [6.45, 7) is 3.78. The lowest BCUT2D eigenvalue weighted by Crippen LogP contribution is -2.27. The van der Waals surface area contributed by atoms with Crippen molar-refractivity contribution < 1.29 is 13.2 Å². The predicted octanol–water partition coefficient (Wildman–Crippen LogP) is 3.40. The molecule has 0 radical (unpaired) electrons. The third kappa shape index (κ3) is 4.09. The molecule has 1 fully saturated rings. The van der Waals surface area contributed by atoms with Crippen molar-refractivity contribution in [3.8, 4) is 11.3 Å². The standard InChI is InChI=1S/C24H19F3N6O2/c1-3-33-21(28-2)16(10-19(32-33)17-11-29-23(35)31-22(17)34)15-9-14(15)12-4-6-18-13(8-12)5-7-20(30-18)24(25,26)27/h3-8,10-11,14-15H,1,9H2,2H3,(H2,29,31,34,35)/t14-,15+/m1/s1. The van der Waals surface area contributed by atoms with Crippen molar-refractivity contribution in [3.63, 3.8) is 0 Å². The van der Waals surface area contributed by atoms with Crippen molar-refractivity contribution in [2.24, 2.45) is 4.99 Å². The highest BCUT2D eigenvalue weighted by Crippen LogP contribution is 2.54. The van der Waals surface area contributed by atoms with Crippen LogP contribution in [-0.4, -0.2) is 31.8 Å². The molecule has 0 spiro atoms. The number of nitrogens with one attached hydrogen (secondary N) is 2. The van der Waals surface area contributed by atoms with Crippen LogP contribution in [0.3, 0.4) is 0 Å². The first-order chi connectivity index (χ1) is 16.7. The molecule has 5 rings (SSSR count). The first-order valence-electron chi connectivity index (χ1n) is 10.7. The van der Waals surface area contributed by atoms with E-state index < -0.39 is 23.1 Å². The number of rotatable bonds is 4. The second-order valence-electron chi connectivity index (χ2n) is 8.24. The zero-order chi connectivity index (χ0) is 24.9. The fraction of sp³-hybridized carbons (Fsp3) is 0.208. The number of pyridine rings is 1. The lowest BCUT2D eigenvalue weighted by molar-refractivity contribution is -0.140. The molecule has 178 valence electrons. The van der Waals surface area contributed by atoms with Crippen LogP contribution in [-0.2, 0) is 6.18 Å². The second-order valence-corrected chi connectivity index (χ2v) is 8.24. The Morgan fingerprint density at radius 2 is 1.97 bits per heavy atom. The van der Waals surface area contributed by atoms with Crippen LogP contribution in [0.25, 0.3) is 28.4 Å². The van der Waals surface area contributed by atoms with E-state index in [1.807, 2.05) is 6.07 Å². The van der Waals surface area contributed by atoms with E-state index in [1.54, 1.807) is 25.2 Å². The second kappa shape index (κ2) is 8.19. The maximum absolute atomic E-state index is 13.0. The molecule has 1 aliphatic carbocycles. The number of aromatic nitrogens is 5. The molecule has 2 atom stereocenters. The first-order valence-corrected chi connectivity index (χ1v) is 10.7. The maximum atomic E-state index is 13.0. The van der Waals surface area contributed by atoms with E-state index in [0.29, 0.717) is 16.6 Å². The first kappa shape index (κ1) is 22.5. The number of nitrogens with zero attached hydrogens (tertiary/aromatic N) is 4. The summed E-state index contributed by atoms with van der Waals surface area (Å²) in [5, 5.41) is 5.05. The summed E-state index contributed by atoms with van der Waals surface area (Å²) in [5.74, 6) is 0.146. The Morgan fingerprint density at radius 3 is 2.66 bits per heavy atom. The highest BCUT2D eigenvalue weighted by Gasteiger charge is 2.41. The maximum Gasteiger partial charge on any atom is 0.433 e. The molecule has 3 aromatic heterocycles. The van der Waals surface area contributed by atoms with Gasteiger partial charge < -0.3 is 4.98 Å². The van der Waals surface area contributed by atoms with E-state index in [2.05, 4.69) is 31.6 Å². The quantitative estimate of drug-likeness (QED) is 0.467. The molecule has 1 aliphatic rings. The van der Waals surface area contributed by atoms with Gasteiger partial charge in [-0.05, 0) is 48.1 Å². The number of aromatic amines is 2. The third-order valence-electron chi connectivity index (χ3n) is 6.08. The largest absolute Gasteiger partial charge is 0.433 e. The Bertz CT molecular complexity index is 1670. The van der Waals surface area contributed by atoms with Gasteiger partial charge in [-0.15, -0.1) is 0 Å². The van der Waals surface area contributed by atoms with Gasteiger partial charge in [0.2, 0.25) is 0 Å². The van der Waals surface area contributed by atoms with Crippen LogP contribution < -0.4 is 16.7 Å². The summed E-state index contributed by atoms with van der Waals surface area (Å²) in [4.78, 5) is 36.5. The normalized spacial score (nSPS) is 18.1. The summed E-state index contributed by atoms with van der Waals surface area (Å²) >= 11 is 0.